The highest BCUT2D eigenvalue weighted by Crippen LogP contribution is 1.95. The minimum atomic E-state index is -0.407. The molecule has 0 saturated heterocycles. The van der Waals surface area contributed by atoms with Crippen molar-refractivity contribution in [2.75, 3.05) is 11.2 Å². The van der Waals surface area contributed by atoms with Crippen LogP contribution in [0.5, 0.6) is 0 Å². The molecule has 1 heterocycles. The molecule has 6 heteroatoms. The standard InChI is InChI=1S/C7H8ClN3O2/c1-4-2-5(12)10-7(9-4)11-6(13)3-8/h2H,3H2,1H3,(H2,9,10,11,12,13). The molecule has 0 aromatic carbocycles. The molecule has 0 aliphatic carbocycles. The number of alkyl halides is 1. The lowest BCUT2D eigenvalue weighted by molar-refractivity contribution is -0.114. The topological polar surface area (TPSA) is 74.8 Å². The van der Waals surface area contributed by atoms with Crippen LogP contribution in [0.2, 0.25) is 0 Å². The molecule has 1 rings (SSSR count). The molecule has 1 aromatic heterocycles. The first-order valence-corrected chi connectivity index (χ1v) is 4.09. The molecule has 0 aliphatic heterocycles. The number of aromatic amines is 1. The van der Waals surface area contributed by atoms with Crippen molar-refractivity contribution in [3.63, 3.8) is 0 Å². The average Bonchev–Trinajstić information content (AvgIpc) is 2.02. The van der Waals surface area contributed by atoms with Gasteiger partial charge < -0.3 is 0 Å². The molecule has 0 radical (unpaired) electrons. The number of aryl methyl sites for hydroxylation is 1. The first-order valence-electron chi connectivity index (χ1n) is 3.55. The van der Waals surface area contributed by atoms with E-state index in [9.17, 15) is 9.59 Å². The van der Waals surface area contributed by atoms with E-state index in [1.54, 1.807) is 6.92 Å². The van der Waals surface area contributed by atoms with Gasteiger partial charge in [-0.1, -0.05) is 0 Å². The van der Waals surface area contributed by atoms with Crippen molar-refractivity contribution < 1.29 is 4.79 Å². The smallest absolute Gasteiger partial charge is 0.252 e. The molecule has 13 heavy (non-hydrogen) atoms. The Morgan fingerprint density at radius 2 is 2.46 bits per heavy atom. The normalized spacial score (nSPS) is 9.69. The van der Waals surface area contributed by atoms with Gasteiger partial charge in [-0.05, 0) is 6.92 Å². The average molecular weight is 202 g/mol. The molecule has 70 valence electrons. The Morgan fingerprint density at radius 1 is 1.77 bits per heavy atom. The van der Waals surface area contributed by atoms with E-state index >= 15 is 0 Å². The second-order valence-corrected chi connectivity index (χ2v) is 2.68. The molecule has 0 bridgehead atoms. The number of nitrogens with zero attached hydrogens (tertiary/aromatic N) is 1. The van der Waals surface area contributed by atoms with E-state index in [1.807, 2.05) is 0 Å². The third kappa shape index (κ3) is 2.87. The lowest BCUT2D eigenvalue weighted by Gasteiger charge is -2.01. The fourth-order valence-electron chi connectivity index (χ4n) is 0.804. The van der Waals surface area contributed by atoms with Gasteiger partial charge in [0.05, 0.1) is 0 Å². The number of aromatic nitrogens is 2. The van der Waals surface area contributed by atoms with Gasteiger partial charge in [0.1, 0.15) is 5.88 Å². The third-order valence-electron chi connectivity index (χ3n) is 1.25. The molecule has 0 aliphatic rings. The Bertz CT molecular complexity index is 374. The van der Waals surface area contributed by atoms with Crippen LogP contribution in [0.3, 0.4) is 0 Å². The summed E-state index contributed by atoms with van der Waals surface area (Å²) < 4.78 is 0. The number of hydrogen-bond acceptors (Lipinski definition) is 3. The lowest BCUT2D eigenvalue weighted by Crippen LogP contribution is -2.19. The zero-order valence-electron chi connectivity index (χ0n) is 6.93. The maximum absolute atomic E-state index is 10.9. The summed E-state index contributed by atoms with van der Waals surface area (Å²) in [6.07, 6.45) is 0. The number of H-pyrrole nitrogens is 1. The van der Waals surface area contributed by atoms with Crippen LogP contribution in [0, 0.1) is 6.92 Å². The molecule has 5 nitrogen and oxygen atoms in total. The SMILES string of the molecule is Cc1cc(=O)[nH]c(NC(=O)CCl)n1. The molecule has 1 aromatic rings. The Morgan fingerprint density at radius 3 is 3.00 bits per heavy atom. The summed E-state index contributed by atoms with van der Waals surface area (Å²) in [5.41, 5.74) is 0.228. The summed E-state index contributed by atoms with van der Waals surface area (Å²) in [7, 11) is 0. The van der Waals surface area contributed by atoms with Gasteiger partial charge in [-0.15, -0.1) is 11.6 Å². The predicted octanol–water partition coefficient (Wildman–Crippen LogP) is 0.256. The summed E-state index contributed by atoms with van der Waals surface area (Å²) >= 11 is 5.25. The Labute approximate surface area is 79.1 Å². The summed E-state index contributed by atoms with van der Waals surface area (Å²) in [6.45, 7) is 1.66. The van der Waals surface area contributed by atoms with Crippen LogP contribution >= 0.6 is 11.6 Å². The van der Waals surface area contributed by atoms with Crippen molar-refractivity contribution in [1.29, 1.82) is 0 Å². The van der Waals surface area contributed by atoms with Crippen LogP contribution < -0.4 is 10.9 Å². The molecular formula is C7H8ClN3O2. The van der Waals surface area contributed by atoms with Gasteiger partial charge in [0, 0.05) is 11.8 Å². The largest absolute Gasteiger partial charge is 0.295 e. The highest BCUT2D eigenvalue weighted by Gasteiger charge is 2.02. The van der Waals surface area contributed by atoms with Crippen LogP contribution in [-0.2, 0) is 4.79 Å². The van der Waals surface area contributed by atoms with E-state index in [-0.39, 0.29) is 17.4 Å². The van der Waals surface area contributed by atoms with E-state index in [0.717, 1.165) is 0 Å². The summed E-state index contributed by atoms with van der Waals surface area (Å²) in [4.78, 5) is 27.9. The first kappa shape index (κ1) is 9.73. The molecule has 1 amide bonds. The highest BCUT2D eigenvalue weighted by molar-refractivity contribution is 6.28. The molecule has 0 saturated carbocycles. The van der Waals surface area contributed by atoms with Gasteiger partial charge in [-0.2, -0.15) is 0 Å². The maximum atomic E-state index is 10.9. The molecule has 2 N–H and O–H groups in total. The van der Waals surface area contributed by atoms with Gasteiger partial charge in [-0.3, -0.25) is 19.9 Å². The quantitative estimate of drug-likeness (QED) is 0.674. The van der Waals surface area contributed by atoms with E-state index in [0.29, 0.717) is 5.69 Å². The number of carbonyl (C=O) groups excluding carboxylic acids is 1. The van der Waals surface area contributed by atoms with Gasteiger partial charge in [0.15, 0.2) is 0 Å². The lowest BCUT2D eigenvalue weighted by atomic mass is 10.4. The van der Waals surface area contributed by atoms with Crippen LogP contribution in [0.15, 0.2) is 10.9 Å². The Balaban J connectivity index is 2.89. The van der Waals surface area contributed by atoms with Crippen molar-refractivity contribution in [3.8, 4) is 0 Å². The zero-order valence-corrected chi connectivity index (χ0v) is 7.68. The molecule has 0 fully saturated rings. The Hall–Kier alpha value is -1.36. The summed E-state index contributed by atoms with van der Waals surface area (Å²) in [5, 5.41) is 2.34. The number of nitrogens with one attached hydrogen (secondary N) is 2. The van der Waals surface area contributed by atoms with Gasteiger partial charge in [0.25, 0.3) is 5.56 Å². The van der Waals surface area contributed by atoms with Crippen molar-refractivity contribution >= 4 is 23.5 Å². The van der Waals surface area contributed by atoms with Crippen LogP contribution in [0.25, 0.3) is 0 Å². The predicted molar refractivity (Wildman–Crippen MR) is 48.9 cm³/mol. The Kier molecular flexibility index (Phi) is 3.02. The molecule has 0 unspecified atom stereocenters. The van der Waals surface area contributed by atoms with E-state index in [4.69, 9.17) is 11.6 Å². The molecular weight excluding hydrogens is 194 g/mol. The van der Waals surface area contributed by atoms with Crippen LogP contribution in [0.4, 0.5) is 5.95 Å². The number of halogens is 1. The number of carbonyl (C=O) groups is 1. The minimum absolute atomic E-state index is 0.121. The maximum Gasteiger partial charge on any atom is 0.252 e. The van der Waals surface area contributed by atoms with Crippen molar-refractivity contribution in [2.24, 2.45) is 0 Å². The van der Waals surface area contributed by atoms with Crippen LogP contribution in [0.1, 0.15) is 5.69 Å². The van der Waals surface area contributed by atoms with Gasteiger partial charge in [0.2, 0.25) is 11.9 Å². The monoisotopic (exact) mass is 201 g/mol. The summed E-state index contributed by atoms with van der Waals surface area (Å²) in [6, 6.07) is 1.33. The fourth-order valence-corrected chi connectivity index (χ4v) is 0.871. The minimum Gasteiger partial charge on any atom is -0.295 e. The second kappa shape index (κ2) is 4.04. The van der Waals surface area contributed by atoms with E-state index in [2.05, 4.69) is 15.3 Å². The van der Waals surface area contributed by atoms with Crippen molar-refractivity contribution in [3.05, 3.63) is 22.1 Å². The fraction of sp³-hybridized carbons (Fsp3) is 0.286. The number of anilines is 1. The molecule has 0 atom stereocenters. The van der Waals surface area contributed by atoms with E-state index < -0.39 is 5.91 Å². The van der Waals surface area contributed by atoms with Gasteiger partial charge in [-0.25, -0.2) is 4.98 Å². The number of amides is 1. The summed E-state index contributed by atoms with van der Waals surface area (Å²) in [5.74, 6) is -0.455. The first-order chi connectivity index (χ1) is 6.11. The number of hydrogen-bond donors (Lipinski definition) is 2. The van der Waals surface area contributed by atoms with Crippen molar-refractivity contribution in [2.45, 2.75) is 6.92 Å². The van der Waals surface area contributed by atoms with Crippen molar-refractivity contribution in [1.82, 2.24) is 9.97 Å². The van der Waals surface area contributed by atoms with E-state index in [1.165, 1.54) is 6.07 Å². The second-order valence-electron chi connectivity index (χ2n) is 2.42. The zero-order chi connectivity index (χ0) is 9.84. The number of rotatable bonds is 2. The highest BCUT2D eigenvalue weighted by atomic mass is 35.5. The van der Waals surface area contributed by atoms with Gasteiger partial charge >= 0.3 is 0 Å². The molecule has 0 spiro atoms. The van der Waals surface area contributed by atoms with Crippen LogP contribution in [-0.4, -0.2) is 21.8 Å². The third-order valence-corrected chi connectivity index (χ3v) is 1.49.